The molecule has 2 N–H and O–H groups in total. The SMILES string of the molecule is COc1ccc([Si](C)(C)[C@H]2[C@H](CCO)O[C@@]3(C(=O)N(c4ccccc4)c4ccc(N5CN(c6ccccc6)C6(CCNCC6)C5=O)cc43)[C@@H]2C)cc1. The number of piperidine rings is 1. The van der Waals surface area contributed by atoms with Crippen LogP contribution in [0.1, 0.15) is 31.7 Å². The number of amides is 2. The zero-order valence-electron chi connectivity index (χ0n) is 30.4. The van der Waals surface area contributed by atoms with Gasteiger partial charge in [0.05, 0.1) is 33.6 Å². The van der Waals surface area contributed by atoms with E-state index in [1.54, 1.807) is 12.0 Å². The minimum absolute atomic E-state index is 0.00391. The van der Waals surface area contributed by atoms with E-state index in [-0.39, 0.29) is 36.0 Å². The van der Waals surface area contributed by atoms with E-state index in [0.717, 1.165) is 47.2 Å². The molecule has 4 aromatic carbocycles. The van der Waals surface area contributed by atoms with Crippen molar-refractivity contribution < 1.29 is 24.2 Å². The summed E-state index contributed by atoms with van der Waals surface area (Å²) in [6.45, 7) is 8.74. The van der Waals surface area contributed by atoms with Gasteiger partial charge in [0.25, 0.3) is 11.8 Å². The molecule has 4 aliphatic heterocycles. The number of nitrogens with one attached hydrogen (secondary N) is 1. The van der Waals surface area contributed by atoms with E-state index in [1.165, 1.54) is 5.19 Å². The van der Waals surface area contributed by atoms with Gasteiger partial charge in [-0.2, -0.15) is 0 Å². The summed E-state index contributed by atoms with van der Waals surface area (Å²) in [7, 11) is -0.685. The Kier molecular flexibility index (Phi) is 8.77. The van der Waals surface area contributed by atoms with Gasteiger partial charge in [-0.05, 0) is 92.5 Å². The van der Waals surface area contributed by atoms with Gasteiger partial charge in [-0.25, -0.2) is 0 Å². The van der Waals surface area contributed by atoms with E-state index in [0.29, 0.717) is 25.9 Å². The number of carbonyl (C=O) groups excluding carboxylic acids is 2. The molecule has 0 bridgehead atoms. The second-order valence-corrected chi connectivity index (χ2v) is 20.0. The average Bonchev–Trinajstić information content (AvgIpc) is 3.73. The van der Waals surface area contributed by atoms with Crippen molar-refractivity contribution in [2.75, 3.05) is 48.2 Å². The van der Waals surface area contributed by atoms with Gasteiger partial charge in [0.15, 0.2) is 5.60 Å². The predicted molar refractivity (Wildman–Crippen MR) is 207 cm³/mol. The van der Waals surface area contributed by atoms with Crippen molar-refractivity contribution in [3.05, 3.63) is 109 Å². The number of fused-ring (bicyclic) bond motifs is 2. The fraction of sp³-hybridized carbons (Fsp3) is 0.381. The van der Waals surface area contributed by atoms with E-state index in [9.17, 15) is 9.90 Å². The zero-order chi connectivity index (χ0) is 36.3. The number of ether oxygens (including phenoxy) is 2. The molecule has 9 nitrogen and oxygen atoms in total. The molecular formula is C42H48N4O5Si. The normalized spacial score (nSPS) is 25.4. The molecule has 0 saturated carbocycles. The van der Waals surface area contributed by atoms with E-state index >= 15 is 4.79 Å². The van der Waals surface area contributed by atoms with Gasteiger partial charge in [0.2, 0.25) is 0 Å². The molecule has 52 heavy (non-hydrogen) atoms. The smallest absolute Gasteiger partial charge is 0.268 e. The number of aliphatic hydroxyl groups excluding tert-OH is 1. The van der Waals surface area contributed by atoms with Crippen LogP contribution in [0.5, 0.6) is 5.75 Å². The Hall–Kier alpha value is -4.48. The first kappa shape index (κ1) is 34.6. The molecule has 2 amide bonds. The molecule has 2 spiro atoms. The number of benzene rings is 4. The van der Waals surface area contributed by atoms with Crippen molar-refractivity contribution in [2.45, 2.75) is 62.1 Å². The number of para-hydroxylation sites is 2. The minimum Gasteiger partial charge on any atom is -0.497 e. The third-order valence-corrected chi connectivity index (χ3v) is 16.8. The second kappa shape index (κ2) is 13.2. The number of carbonyl (C=O) groups is 2. The van der Waals surface area contributed by atoms with E-state index in [2.05, 4.69) is 54.5 Å². The van der Waals surface area contributed by atoms with Crippen LogP contribution in [0.4, 0.5) is 22.7 Å². The van der Waals surface area contributed by atoms with E-state index in [4.69, 9.17) is 9.47 Å². The summed E-state index contributed by atoms with van der Waals surface area (Å²) in [6, 6.07) is 34.3. The van der Waals surface area contributed by atoms with Crippen LogP contribution in [0.3, 0.4) is 0 Å². The lowest BCUT2D eigenvalue weighted by Gasteiger charge is -2.39. The quantitative estimate of drug-likeness (QED) is 0.219. The molecule has 0 unspecified atom stereocenters. The largest absolute Gasteiger partial charge is 0.497 e. The Morgan fingerprint density at radius 1 is 0.865 bits per heavy atom. The Bertz CT molecular complexity index is 1950. The molecule has 0 radical (unpaired) electrons. The molecule has 3 saturated heterocycles. The summed E-state index contributed by atoms with van der Waals surface area (Å²) in [5.74, 6) is 0.526. The van der Waals surface area contributed by atoms with Crippen molar-refractivity contribution in [3.63, 3.8) is 0 Å². The first-order chi connectivity index (χ1) is 25.2. The number of hydrogen-bond donors (Lipinski definition) is 2. The van der Waals surface area contributed by atoms with E-state index in [1.807, 2.05) is 83.8 Å². The maximum Gasteiger partial charge on any atom is 0.268 e. The number of nitrogens with zero attached hydrogens (tertiary/aromatic N) is 3. The first-order valence-corrected chi connectivity index (χ1v) is 21.6. The molecule has 0 aliphatic carbocycles. The fourth-order valence-corrected chi connectivity index (χ4v) is 13.9. The molecule has 270 valence electrons. The summed E-state index contributed by atoms with van der Waals surface area (Å²) in [5, 5.41) is 15.1. The molecule has 8 rings (SSSR count). The summed E-state index contributed by atoms with van der Waals surface area (Å²) in [4.78, 5) is 36.0. The molecule has 10 heteroatoms. The van der Waals surface area contributed by atoms with Gasteiger partial charge in [-0.15, -0.1) is 0 Å². The van der Waals surface area contributed by atoms with Crippen LogP contribution in [-0.4, -0.2) is 70.1 Å². The van der Waals surface area contributed by atoms with Crippen molar-refractivity contribution in [2.24, 2.45) is 5.92 Å². The zero-order valence-corrected chi connectivity index (χ0v) is 31.4. The maximum atomic E-state index is 15.3. The number of hydrogen-bond acceptors (Lipinski definition) is 7. The summed E-state index contributed by atoms with van der Waals surface area (Å²) in [6.07, 6.45) is 1.49. The average molecular weight is 717 g/mol. The lowest BCUT2D eigenvalue weighted by molar-refractivity contribution is -0.145. The van der Waals surface area contributed by atoms with Crippen LogP contribution in [0.2, 0.25) is 18.6 Å². The highest BCUT2D eigenvalue weighted by Crippen LogP contribution is 2.61. The Morgan fingerprint density at radius 2 is 1.52 bits per heavy atom. The van der Waals surface area contributed by atoms with Gasteiger partial charge < -0.3 is 24.8 Å². The van der Waals surface area contributed by atoms with Crippen LogP contribution in [0, 0.1) is 5.92 Å². The van der Waals surface area contributed by atoms with Gasteiger partial charge in [0, 0.05) is 35.2 Å². The number of anilines is 4. The Labute approximate surface area is 307 Å². The topological polar surface area (TPSA) is 94.6 Å². The third-order valence-electron chi connectivity index (χ3n) is 12.4. The van der Waals surface area contributed by atoms with Crippen LogP contribution in [-0.2, 0) is 19.9 Å². The maximum absolute atomic E-state index is 15.3. The number of aliphatic hydroxyl groups is 1. The number of rotatable bonds is 8. The molecule has 4 aliphatic rings. The van der Waals surface area contributed by atoms with Crippen molar-refractivity contribution in [1.29, 1.82) is 0 Å². The van der Waals surface area contributed by atoms with Gasteiger partial charge in [-0.3, -0.25) is 19.4 Å². The number of methoxy groups -OCH3 is 1. The highest BCUT2D eigenvalue weighted by atomic mass is 28.3. The first-order valence-electron chi connectivity index (χ1n) is 18.5. The Balaban J connectivity index is 1.26. The van der Waals surface area contributed by atoms with Crippen molar-refractivity contribution in [3.8, 4) is 5.75 Å². The molecule has 0 aromatic heterocycles. The van der Waals surface area contributed by atoms with Crippen LogP contribution >= 0.6 is 0 Å². The van der Waals surface area contributed by atoms with Gasteiger partial charge in [-0.1, -0.05) is 73.7 Å². The van der Waals surface area contributed by atoms with Crippen molar-refractivity contribution in [1.82, 2.24) is 5.32 Å². The Morgan fingerprint density at radius 3 is 2.15 bits per heavy atom. The summed E-state index contributed by atoms with van der Waals surface area (Å²) < 4.78 is 12.7. The molecule has 4 heterocycles. The standard InChI is InChI=1S/C42H48N4O5Si/c1-29-38(52(3,4)34-18-16-33(50-2)17-19-34)37(21-26-47)51-42(29)35-27-32(15-20-36(35)46(40(42)49)31-13-9-6-10-14-31)44-28-45(30-11-7-5-8-12-30)41(39(44)48)22-24-43-25-23-41/h5-20,27,29,37-38,43,47H,21-26,28H2,1-4H3/t29-,37+,38-,42+/m1/s1. The second-order valence-electron chi connectivity index (χ2n) is 15.3. The van der Waals surface area contributed by atoms with Crippen LogP contribution in [0.25, 0.3) is 0 Å². The lowest BCUT2D eigenvalue weighted by atomic mass is 9.82. The van der Waals surface area contributed by atoms with Crippen LogP contribution < -0.4 is 29.9 Å². The predicted octanol–water partition coefficient (Wildman–Crippen LogP) is 5.90. The summed E-state index contributed by atoms with van der Waals surface area (Å²) >= 11 is 0. The lowest BCUT2D eigenvalue weighted by Crippen LogP contribution is -2.55. The highest BCUT2D eigenvalue weighted by molar-refractivity contribution is 6.91. The van der Waals surface area contributed by atoms with Crippen LogP contribution in [0.15, 0.2) is 103 Å². The monoisotopic (exact) mass is 716 g/mol. The van der Waals surface area contributed by atoms with Gasteiger partial charge in [0.1, 0.15) is 11.3 Å². The van der Waals surface area contributed by atoms with Crippen molar-refractivity contribution >= 4 is 47.8 Å². The van der Waals surface area contributed by atoms with Gasteiger partial charge >= 0.3 is 0 Å². The summed E-state index contributed by atoms with van der Waals surface area (Å²) in [5.41, 5.74) is 2.13. The van der Waals surface area contributed by atoms with E-state index < -0.39 is 19.2 Å². The third kappa shape index (κ3) is 5.14. The molecule has 4 atom stereocenters. The fourth-order valence-electron chi connectivity index (χ4n) is 9.79. The molecular weight excluding hydrogens is 669 g/mol. The molecule has 4 aromatic rings. The highest BCUT2D eigenvalue weighted by Gasteiger charge is 2.66. The molecule has 3 fully saturated rings. The minimum atomic E-state index is -2.35.